The van der Waals surface area contributed by atoms with Crippen LogP contribution in [0.2, 0.25) is 0 Å². The normalized spacial score (nSPS) is 17.9. The third kappa shape index (κ3) is 3.78. The van der Waals surface area contributed by atoms with E-state index in [0.717, 1.165) is 26.6 Å². The zero-order valence-electron chi connectivity index (χ0n) is 18.2. The van der Waals surface area contributed by atoms with E-state index in [-0.39, 0.29) is 0 Å². The van der Waals surface area contributed by atoms with Crippen molar-refractivity contribution in [1.82, 2.24) is 15.0 Å². The van der Waals surface area contributed by atoms with Crippen LogP contribution >= 0.6 is 11.3 Å². The molecule has 1 N–H and O–H groups in total. The predicted octanol–water partition coefficient (Wildman–Crippen LogP) is 4.83. The van der Waals surface area contributed by atoms with Crippen LogP contribution in [0.4, 0.5) is 5.82 Å². The SMILES string of the molecule is CC1(c2ccc(CNc3nc(-c4ccc(-c5ncco5)cc4)nc4c3[S@](=O)CC4)s2)OC=CO1. The van der Waals surface area contributed by atoms with Gasteiger partial charge in [0, 0.05) is 35.1 Å². The van der Waals surface area contributed by atoms with Crippen molar-refractivity contribution < 1.29 is 18.1 Å². The number of ether oxygens (including phenoxy) is 2. The van der Waals surface area contributed by atoms with Crippen LogP contribution in [-0.2, 0) is 39.0 Å². The second-order valence-corrected chi connectivity index (χ2v) is 10.6. The molecule has 0 radical (unpaired) electrons. The van der Waals surface area contributed by atoms with Gasteiger partial charge in [-0.3, -0.25) is 4.21 Å². The van der Waals surface area contributed by atoms with Crippen molar-refractivity contribution in [3.8, 4) is 22.8 Å². The van der Waals surface area contributed by atoms with Crippen LogP contribution in [-0.4, -0.2) is 24.9 Å². The molecule has 3 aromatic heterocycles. The van der Waals surface area contributed by atoms with Gasteiger partial charge in [-0.25, -0.2) is 15.0 Å². The van der Waals surface area contributed by atoms with E-state index in [0.29, 0.717) is 41.1 Å². The smallest absolute Gasteiger partial charge is 0.283 e. The number of aryl methyl sites for hydroxylation is 1. The van der Waals surface area contributed by atoms with E-state index in [9.17, 15) is 4.21 Å². The van der Waals surface area contributed by atoms with Gasteiger partial charge in [-0.05, 0) is 24.3 Å². The zero-order valence-corrected chi connectivity index (χ0v) is 19.8. The highest BCUT2D eigenvalue weighted by molar-refractivity contribution is 7.85. The summed E-state index contributed by atoms with van der Waals surface area (Å²) < 4.78 is 29.2. The van der Waals surface area contributed by atoms with Gasteiger partial charge in [-0.2, -0.15) is 0 Å². The second-order valence-electron chi connectivity index (χ2n) is 7.96. The van der Waals surface area contributed by atoms with Gasteiger partial charge in [0.1, 0.15) is 29.5 Å². The Kier molecular flexibility index (Phi) is 5.19. The van der Waals surface area contributed by atoms with Crippen molar-refractivity contribution in [2.45, 2.75) is 30.6 Å². The quantitative estimate of drug-likeness (QED) is 0.409. The van der Waals surface area contributed by atoms with E-state index >= 15 is 0 Å². The summed E-state index contributed by atoms with van der Waals surface area (Å²) in [4.78, 5) is 16.4. The average Bonchev–Trinajstić information content (AvgIpc) is 3.66. The fraction of sp³-hybridized carbons (Fsp3) is 0.208. The third-order valence-corrected chi connectivity index (χ3v) is 8.42. The van der Waals surface area contributed by atoms with Gasteiger partial charge >= 0.3 is 0 Å². The van der Waals surface area contributed by atoms with Gasteiger partial charge in [0.25, 0.3) is 5.79 Å². The van der Waals surface area contributed by atoms with Crippen molar-refractivity contribution in [3.05, 3.63) is 76.8 Å². The number of rotatable bonds is 6. The zero-order chi connectivity index (χ0) is 23.1. The van der Waals surface area contributed by atoms with Gasteiger partial charge in [-0.1, -0.05) is 12.1 Å². The standard InChI is InChI=1S/C24H20N4O4S2/c1-24(31-11-12-32-24)19-7-6-17(33-19)14-26-22-20-18(8-13-34(20)29)27-21(28-22)15-2-4-16(5-3-15)23-25-9-10-30-23/h2-7,9-12H,8,13-14H2,1H3,(H,26,27,28)/t34-/m1/s1. The molecule has 0 unspecified atom stereocenters. The Balaban J connectivity index is 1.27. The van der Waals surface area contributed by atoms with E-state index in [2.05, 4.69) is 10.3 Å². The van der Waals surface area contributed by atoms with E-state index in [1.165, 1.54) is 0 Å². The monoisotopic (exact) mass is 492 g/mol. The summed E-state index contributed by atoms with van der Waals surface area (Å²) in [5.74, 6) is 1.55. The number of anilines is 1. The fourth-order valence-electron chi connectivity index (χ4n) is 3.92. The molecule has 2 aliphatic heterocycles. The molecule has 8 nitrogen and oxygen atoms in total. The number of aromatic nitrogens is 3. The van der Waals surface area contributed by atoms with Gasteiger partial charge in [0.2, 0.25) is 5.89 Å². The second kappa shape index (κ2) is 8.37. The molecular weight excluding hydrogens is 472 g/mol. The largest absolute Gasteiger partial charge is 0.452 e. The van der Waals surface area contributed by atoms with Crippen LogP contribution in [0.5, 0.6) is 0 Å². The molecule has 2 aliphatic rings. The van der Waals surface area contributed by atoms with Gasteiger partial charge in [0.05, 0.1) is 34.1 Å². The minimum atomic E-state index is -1.11. The molecule has 6 rings (SSSR count). The van der Waals surface area contributed by atoms with Gasteiger partial charge < -0.3 is 19.2 Å². The van der Waals surface area contributed by atoms with E-state index in [1.54, 1.807) is 36.3 Å². The maximum atomic E-state index is 12.7. The van der Waals surface area contributed by atoms with Crippen LogP contribution < -0.4 is 5.32 Å². The molecule has 172 valence electrons. The molecule has 4 aromatic rings. The summed E-state index contributed by atoms with van der Waals surface area (Å²) in [5.41, 5.74) is 2.58. The highest BCUT2D eigenvalue weighted by Gasteiger charge is 2.33. The predicted molar refractivity (Wildman–Crippen MR) is 128 cm³/mol. The highest BCUT2D eigenvalue weighted by Crippen LogP contribution is 2.37. The number of nitrogens with one attached hydrogen (secondary N) is 1. The Morgan fingerprint density at radius 2 is 1.88 bits per heavy atom. The molecule has 0 saturated carbocycles. The first-order valence-corrected chi connectivity index (χ1v) is 12.9. The number of thiophene rings is 1. The van der Waals surface area contributed by atoms with Crippen LogP contribution in [0.3, 0.4) is 0 Å². The number of nitrogens with zero attached hydrogens (tertiary/aromatic N) is 3. The van der Waals surface area contributed by atoms with Gasteiger partial charge in [-0.15, -0.1) is 11.3 Å². The minimum absolute atomic E-state index is 0.539. The molecule has 1 aromatic carbocycles. The van der Waals surface area contributed by atoms with E-state index < -0.39 is 16.6 Å². The molecular formula is C24H20N4O4S2. The number of oxazole rings is 1. The molecule has 0 bridgehead atoms. The maximum Gasteiger partial charge on any atom is 0.283 e. The molecule has 0 amide bonds. The van der Waals surface area contributed by atoms with Crippen molar-refractivity contribution in [2.24, 2.45) is 0 Å². The van der Waals surface area contributed by atoms with Gasteiger partial charge in [0.15, 0.2) is 5.82 Å². The van der Waals surface area contributed by atoms with Crippen molar-refractivity contribution >= 4 is 28.0 Å². The third-order valence-electron chi connectivity index (χ3n) is 5.69. The summed E-state index contributed by atoms with van der Waals surface area (Å²) in [6.45, 7) is 2.42. The molecule has 10 heteroatoms. The molecule has 5 heterocycles. The minimum Gasteiger partial charge on any atom is -0.452 e. The summed E-state index contributed by atoms with van der Waals surface area (Å²) in [6.07, 6.45) is 6.94. The van der Waals surface area contributed by atoms with Crippen molar-refractivity contribution in [2.75, 3.05) is 11.1 Å². The molecule has 34 heavy (non-hydrogen) atoms. The Bertz CT molecular complexity index is 1390. The summed E-state index contributed by atoms with van der Waals surface area (Å²) in [7, 11) is -1.11. The first-order chi connectivity index (χ1) is 16.6. The first kappa shape index (κ1) is 21.1. The first-order valence-electron chi connectivity index (χ1n) is 10.7. The average molecular weight is 493 g/mol. The van der Waals surface area contributed by atoms with Crippen LogP contribution in [0.1, 0.15) is 22.4 Å². The fourth-order valence-corrected chi connectivity index (χ4v) is 6.23. The number of fused-ring (bicyclic) bond motifs is 1. The lowest BCUT2D eigenvalue weighted by Crippen LogP contribution is -2.20. The highest BCUT2D eigenvalue weighted by atomic mass is 32.2. The number of hydrogen-bond donors (Lipinski definition) is 1. The van der Waals surface area contributed by atoms with Crippen molar-refractivity contribution in [1.29, 1.82) is 0 Å². The van der Waals surface area contributed by atoms with Crippen LogP contribution in [0.15, 0.2) is 70.7 Å². The van der Waals surface area contributed by atoms with Crippen molar-refractivity contribution in [3.63, 3.8) is 0 Å². The molecule has 1 atom stereocenters. The Morgan fingerprint density at radius 3 is 2.65 bits per heavy atom. The summed E-state index contributed by atoms with van der Waals surface area (Å²) in [6, 6.07) is 11.8. The summed E-state index contributed by atoms with van der Waals surface area (Å²) >= 11 is 1.60. The Morgan fingerprint density at radius 1 is 1.09 bits per heavy atom. The maximum absolute atomic E-state index is 12.7. The molecule has 0 aliphatic carbocycles. The number of hydrogen-bond acceptors (Lipinski definition) is 9. The Hall–Kier alpha value is -3.50. The van der Waals surface area contributed by atoms with E-state index in [1.807, 2.05) is 43.3 Å². The lowest BCUT2D eigenvalue weighted by atomic mass is 10.1. The lowest BCUT2D eigenvalue weighted by molar-refractivity contribution is -0.130. The summed E-state index contributed by atoms with van der Waals surface area (Å²) in [5, 5.41) is 3.40. The number of benzene rings is 1. The van der Waals surface area contributed by atoms with E-state index in [4.69, 9.17) is 23.9 Å². The lowest BCUT2D eigenvalue weighted by Gasteiger charge is -2.21. The van der Waals surface area contributed by atoms with Crippen LogP contribution in [0.25, 0.3) is 22.8 Å². The topological polar surface area (TPSA) is 99.4 Å². The molecule has 0 fully saturated rings. The molecule has 0 saturated heterocycles. The van der Waals surface area contributed by atoms with Crippen LogP contribution in [0, 0.1) is 0 Å². The Labute approximate surface area is 202 Å². The molecule has 0 spiro atoms.